The topological polar surface area (TPSA) is 99.8 Å². The minimum Gasteiger partial charge on any atom is -0.492 e. The van der Waals surface area contributed by atoms with Gasteiger partial charge in [-0.15, -0.1) is 0 Å². The summed E-state index contributed by atoms with van der Waals surface area (Å²) in [6.07, 6.45) is 5.55. The zero-order chi connectivity index (χ0) is 25.8. The summed E-state index contributed by atoms with van der Waals surface area (Å²) in [6.45, 7) is 3.05. The Balaban J connectivity index is 1.82. The molecular formula is C28H36N4O4. The number of carbonyl (C=O) groups is 3. The molecule has 0 unspecified atom stereocenters. The molecule has 3 amide bonds. The lowest BCUT2D eigenvalue weighted by Gasteiger charge is -2.25. The van der Waals surface area contributed by atoms with Crippen LogP contribution in [0.4, 0.5) is 0 Å². The van der Waals surface area contributed by atoms with E-state index in [-0.39, 0.29) is 24.3 Å². The number of nitrogens with zero attached hydrogens (tertiary/aromatic N) is 1. The first kappa shape index (κ1) is 26.9. The highest BCUT2D eigenvalue weighted by molar-refractivity contribution is 5.91. The largest absolute Gasteiger partial charge is 0.492 e. The number of amides is 3. The summed E-state index contributed by atoms with van der Waals surface area (Å²) < 4.78 is 5.95. The molecule has 8 nitrogen and oxygen atoms in total. The Hall–Kier alpha value is -3.65. The minimum absolute atomic E-state index is 0.136. The van der Waals surface area contributed by atoms with E-state index in [0.717, 1.165) is 23.3 Å². The normalized spacial score (nSPS) is 21.3. The van der Waals surface area contributed by atoms with Crippen LogP contribution in [0.5, 0.6) is 5.75 Å². The Kier molecular flexibility index (Phi) is 10.5. The van der Waals surface area contributed by atoms with E-state index in [0.29, 0.717) is 32.5 Å². The number of likely N-dealkylation sites (N-methyl/N-ethyl adjacent to an activating group) is 1. The fraction of sp³-hybridized carbons (Fsp3) is 0.393. The number of fused-ring (bicyclic) bond motifs is 1. The van der Waals surface area contributed by atoms with Gasteiger partial charge in [0.15, 0.2) is 0 Å². The van der Waals surface area contributed by atoms with Crippen LogP contribution in [-0.4, -0.2) is 68.0 Å². The molecule has 0 bridgehead atoms. The first-order chi connectivity index (χ1) is 17.5. The molecule has 2 aromatic rings. The van der Waals surface area contributed by atoms with Crippen LogP contribution in [0.2, 0.25) is 0 Å². The average Bonchev–Trinajstić information content (AvgIpc) is 2.88. The highest BCUT2D eigenvalue weighted by atomic mass is 16.5. The third-order valence-corrected chi connectivity index (χ3v) is 5.93. The number of nitrogens with one attached hydrogen (secondary N) is 3. The molecule has 0 saturated heterocycles. The van der Waals surface area contributed by atoms with Crippen LogP contribution in [0.1, 0.15) is 30.9 Å². The van der Waals surface area contributed by atoms with E-state index < -0.39 is 12.1 Å². The van der Waals surface area contributed by atoms with Gasteiger partial charge in [-0.3, -0.25) is 14.4 Å². The van der Waals surface area contributed by atoms with Gasteiger partial charge in [0.1, 0.15) is 18.4 Å². The Bertz CT molecular complexity index is 1040. The Morgan fingerprint density at radius 2 is 1.75 bits per heavy atom. The van der Waals surface area contributed by atoms with Crippen molar-refractivity contribution in [2.45, 2.75) is 38.3 Å². The van der Waals surface area contributed by atoms with Crippen LogP contribution >= 0.6 is 0 Å². The molecule has 1 aliphatic rings. The second-order valence-corrected chi connectivity index (χ2v) is 8.83. The quantitative estimate of drug-likeness (QED) is 0.608. The Morgan fingerprint density at radius 1 is 1.00 bits per heavy atom. The second kappa shape index (κ2) is 14.0. The van der Waals surface area contributed by atoms with Crippen LogP contribution in [0.15, 0.2) is 60.7 Å². The summed E-state index contributed by atoms with van der Waals surface area (Å²) in [4.78, 5) is 40.3. The molecule has 0 aromatic heterocycles. The van der Waals surface area contributed by atoms with Crippen molar-refractivity contribution in [1.29, 1.82) is 0 Å². The van der Waals surface area contributed by atoms with Gasteiger partial charge in [-0.25, -0.2) is 0 Å². The molecule has 0 spiro atoms. The van der Waals surface area contributed by atoms with Gasteiger partial charge in [0.05, 0.1) is 12.6 Å². The van der Waals surface area contributed by atoms with Crippen molar-refractivity contribution in [2.75, 3.05) is 33.3 Å². The van der Waals surface area contributed by atoms with Gasteiger partial charge in [0.25, 0.3) is 0 Å². The number of benzene rings is 2. The lowest BCUT2D eigenvalue weighted by atomic mass is 10.1. The lowest BCUT2D eigenvalue weighted by Crippen LogP contribution is -2.52. The summed E-state index contributed by atoms with van der Waals surface area (Å²) in [7, 11) is 1.61. The van der Waals surface area contributed by atoms with Crippen molar-refractivity contribution in [2.24, 2.45) is 0 Å². The van der Waals surface area contributed by atoms with Gasteiger partial charge >= 0.3 is 0 Å². The molecule has 1 aliphatic heterocycles. The smallest absolute Gasteiger partial charge is 0.243 e. The molecule has 0 fully saturated rings. The molecular weight excluding hydrogens is 456 g/mol. The van der Waals surface area contributed by atoms with E-state index in [1.54, 1.807) is 7.05 Å². The van der Waals surface area contributed by atoms with Crippen LogP contribution in [-0.2, 0) is 20.8 Å². The van der Waals surface area contributed by atoms with E-state index in [2.05, 4.69) is 16.0 Å². The summed E-state index contributed by atoms with van der Waals surface area (Å²) >= 11 is 0. The maximum absolute atomic E-state index is 13.1. The van der Waals surface area contributed by atoms with Crippen LogP contribution in [0.25, 0.3) is 6.08 Å². The summed E-state index contributed by atoms with van der Waals surface area (Å²) in [5.74, 6) is -0.110. The maximum Gasteiger partial charge on any atom is 0.243 e. The monoisotopic (exact) mass is 492 g/mol. The maximum atomic E-state index is 13.1. The molecule has 0 saturated carbocycles. The molecule has 1 heterocycles. The molecule has 8 heteroatoms. The number of ether oxygens (including phenoxy) is 1. The third kappa shape index (κ3) is 8.23. The van der Waals surface area contributed by atoms with Gasteiger partial charge in [-0.2, -0.15) is 0 Å². The SMILES string of the molecule is CCC[C@@H]1NCCOc2ccccc2/C=C/CNC(=O)[C@@H](Cc2ccccc2)NC(=O)CN(C)C1=O. The standard InChI is InChI=1S/C28H36N4O4/c1-3-10-23-28(35)32(2)20-26(33)31-24(19-21-11-5-4-6-12-21)27(34)30-16-9-14-22-13-7-8-15-25(22)36-18-17-29-23/h4-9,11-15,23-24,29H,3,10,16-20H2,1-2H3,(H,30,34)(H,31,33)/b14-9+/t23-,24+/m0/s1. The van der Waals surface area contributed by atoms with Crippen molar-refractivity contribution in [1.82, 2.24) is 20.9 Å². The average molecular weight is 493 g/mol. The lowest BCUT2D eigenvalue weighted by molar-refractivity contribution is -0.137. The van der Waals surface area contributed by atoms with Crippen molar-refractivity contribution < 1.29 is 19.1 Å². The first-order valence-electron chi connectivity index (χ1n) is 12.5. The van der Waals surface area contributed by atoms with Gasteiger partial charge in [0.2, 0.25) is 17.7 Å². The number of hydrogen-bond acceptors (Lipinski definition) is 5. The molecule has 36 heavy (non-hydrogen) atoms. The zero-order valence-corrected chi connectivity index (χ0v) is 21.0. The molecule has 192 valence electrons. The fourth-order valence-corrected chi connectivity index (χ4v) is 4.07. The Labute approximate surface area is 213 Å². The summed E-state index contributed by atoms with van der Waals surface area (Å²) in [5, 5.41) is 8.97. The molecule has 0 radical (unpaired) electrons. The number of para-hydroxylation sites is 1. The highest BCUT2D eigenvalue weighted by Gasteiger charge is 2.25. The van der Waals surface area contributed by atoms with Gasteiger partial charge in [-0.05, 0) is 18.1 Å². The minimum atomic E-state index is -0.768. The van der Waals surface area contributed by atoms with Crippen LogP contribution < -0.4 is 20.7 Å². The summed E-state index contributed by atoms with van der Waals surface area (Å²) in [5.41, 5.74) is 1.82. The fourth-order valence-electron chi connectivity index (χ4n) is 4.07. The zero-order valence-electron chi connectivity index (χ0n) is 21.0. The van der Waals surface area contributed by atoms with E-state index in [1.165, 1.54) is 4.90 Å². The predicted octanol–water partition coefficient (Wildman–Crippen LogP) is 2.15. The highest BCUT2D eigenvalue weighted by Crippen LogP contribution is 2.19. The van der Waals surface area contributed by atoms with Crippen molar-refractivity contribution in [3.05, 3.63) is 71.8 Å². The van der Waals surface area contributed by atoms with Crippen molar-refractivity contribution >= 4 is 23.8 Å². The number of carbonyl (C=O) groups excluding carboxylic acids is 3. The van der Waals surface area contributed by atoms with E-state index in [1.807, 2.05) is 73.7 Å². The molecule has 2 aromatic carbocycles. The predicted molar refractivity (Wildman–Crippen MR) is 140 cm³/mol. The number of rotatable bonds is 4. The van der Waals surface area contributed by atoms with E-state index in [9.17, 15) is 14.4 Å². The van der Waals surface area contributed by atoms with E-state index in [4.69, 9.17) is 4.74 Å². The molecule has 0 aliphatic carbocycles. The van der Waals surface area contributed by atoms with E-state index >= 15 is 0 Å². The molecule has 3 rings (SSSR count). The van der Waals surface area contributed by atoms with Gasteiger partial charge < -0.3 is 25.6 Å². The molecule has 3 N–H and O–H groups in total. The van der Waals surface area contributed by atoms with Crippen LogP contribution in [0.3, 0.4) is 0 Å². The Morgan fingerprint density at radius 3 is 2.53 bits per heavy atom. The van der Waals surface area contributed by atoms with Gasteiger partial charge in [0, 0.05) is 32.1 Å². The van der Waals surface area contributed by atoms with Crippen molar-refractivity contribution in [3.63, 3.8) is 0 Å². The third-order valence-electron chi connectivity index (χ3n) is 5.93. The van der Waals surface area contributed by atoms with Crippen LogP contribution in [0, 0.1) is 0 Å². The summed E-state index contributed by atoms with van der Waals surface area (Å²) in [6, 6.07) is 16.0. The van der Waals surface area contributed by atoms with Gasteiger partial charge in [-0.1, -0.05) is 74.0 Å². The first-order valence-corrected chi connectivity index (χ1v) is 12.5. The second-order valence-electron chi connectivity index (χ2n) is 8.83. The molecule has 2 atom stereocenters. The van der Waals surface area contributed by atoms with Crippen molar-refractivity contribution in [3.8, 4) is 5.75 Å². The number of hydrogen-bond donors (Lipinski definition) is 3.